The summed E-state index contributed by atoms with van der Waals surface area (Å²) in [7, 11) is 0. The maximum absolute atomic E-state index is 10.1. The molecule has 0 aliphatic heterocycles. The van der Waals surface area contributed by atoms with E-state index < -0.39 is 5.97 Å². The minimum absolute atomic E-state index is 0.378. The minimum atomic E-state index is -0.930. The molecule has 0 saturated heterocycles. The van der Waals surface area contributed by atoms with Crippen LogP contribution in [-0.2, 0) is 4.79 Å². The third-order valence-corrected chi connectivity index (χ3v) is 1.68. The molecule has 0 aromatic heterocycles. The Labute approximate surface area is 83.3 Å². The van der Waals surface area contributed by atoms with E-state index in [-0.39, 0.29) is 0 Å². The van der Waals surface area contributed by atoms with Crippen molar-refractivity contribution in [3.05, 3.63) is 60.8 Å². The molecule has 0 fully saturated rings. The van der Waals surface area contributed by atoms with Crippen molar-refractivity contribution >= 4 is 5.97 Å². The van der Waals surface area contributed by atoms with Crippen molar-refractivity contribution in [2.45, 2.75) is 0 Å². The Morgan fingerprint density at radius 2 is 1.71 bits per heavy atom. The Morgan fingerprint density at radius 3 is 2.36 bits per heavy atom. The highest BCUT2D eigenvalue weighted by Crippen LogP contribution is 2.09. The molecule has 14 heavy (non-hydrogen) atoms. The number of rotatable bonds is 4. The molecule has 0 saturated carbocycles. The number of carboxylic acids is 1. The molecule has 0 amide bonds. The van der Waals surface area contributed by atoms with Gasteiger partial charge in [-0.15, -0.1) is 0 Å². The van der Waals surface area contributed by atoms with E-state index in [1.54, 1.807) is 12.2 Å². The van der Waals surface area contributed by atoms with Crippen LogP contribution in [0.2, 0.25) is 0 Å². The highest BCUT2D eigenvalue weighted by Gasteiger charge is 1.94. The Kier molecular flexibility index (Phi) is 4.21. The van der Waals surface area contributed by atoms with Crippen LogP contribution in [0.3, 0.4) is 0 Å². The first-order valence-corrected chi connectivity index (χ1v) is 4.38. The van der Waals surface area contributed by atoms with E-state index in [9.17, 15) is 4.79 Å². The molecule has 2 nitrogen and oxygen atoms in total. The molecule has 0 aromatic carbocycles. The number of hydrogen-bond donors (Lipinski definition) is 1. The zero-order valence-electron chi connectivity index (χ0n) is 7.71. The lowest BCUT2D eigenvalue weighted by molar-refractivity contribution is -0.131. The summed E-state index contributed by atoms with van der Waals surface area (Å²) in [5.74, 6) is -0.552. The third-order valence-electron chi connectivity index (χ3n) is 1.68. The fraction of sp³-hybridized carbons (Fsp3) is 0.0833. The molecule has 1 rings (SSSR count). The number of carbonyl (C=O) groups is 1. The van der Waals surface area contributed by atoms with E-state index >= 15 is 0 Å². The third kappa shape index (κ3) is 4.26. The molecule has 0 spiro atoms. The molecule has 0 aromatic rings. The van der Waals surface area contributed by atoms with Crippen LogP contribution in [0, 0.1) is 5.92 Å². The predicted octanol–water partition coefficient (Wildman–Crippen LogP) is 2.48. The summed E-state index contributed by atoms with van der Waals surface area (Å²) >= 11 is 0. The second-order valence-electron chi connectivity index (χ2n) is 2.81. The van der Waals surface area contributed by atoms with E-state index in [4.69, 9.17) is 5.11 Å². The molecule has 0 radical (unpaired) electrons. The van der Waals surface area contributed by atoms with Crippen LogP contribution in [0.5, 0.6) is 0 Å². The SMILES string of the molecule is O=C(O)/C=C/C=C/C=C/C1C=CC=C1. The van der Waals surface area contributed by atoms with Gasteiger partial charge in [0.15, 0.2) is 0 Å². The van der Waals surface area contributed by atoms with Crippen LogP contribution in [0.25, 0.3) is 0 Å². The lowest BCUT2D eigenvalue weighted by Gasteiger charge is -1.91. The highest BCUT2D eigenvalue weighted by atomic mass is 16.4. The number of carboxylic acid groups (broad SMARTS) is 1. The zero-order valence-corrected chi connectivity index (χ0v) is 7.71. The second kappa shape index (κ2) is 5.75. The van der Waals surface area contributed by atoms with Gasteiger partial charge in [0, 0.05) is 12.0 Å². The normalized spacial score (nSPS) is 16.9. The van der Waals surface area contributed by atoms with Crippen molar-refractivity contribution in [2.75, 3.05) is 0 Å². The van der Waals surface area contributed by atoms with Gasteiger partial charge in [-0.1, -0.05) is 54.7 Å². The standard InChI is InChI=1S/C12H12O2/c13-12(14)10-4-2-1-3-7-11-8-5-6-9-11/h1-11H,(H,13,14)/b2-1+,7-3+,10-4+. The Hall–Kier alpha value is -1.83. The maximum atomic E-state index is 10.1. The largest absolute Gasteiger partial charge is 0.478 e. The average molecular weight is 188 g/mol. The van der Waals surface area contributed by atoms with Crippen LogP contribution >= 0.6 is 0 Å². The number of hydrogen-bond acceptors (Lipinski definition) is 1. The highest BCUT2D eigenvalue weighted by molar-refractivity contribution is 5.80. The number of allylic oxidation sites excluding steroid dienone is 9. The molecule has 1 aliphatic carbocycles. The molecule has 0 atom stereocenters. The van der Waals surface area contributed by atoms with E-state index in [1.807, 2.05) is 24.3 Å². The summed E-state index contributed by atoms with van der Waals surface area (Å²) in [6, 6.07) is 0. The monoisotopic (exact) mass is 188 g/mol. The van der Waals surface area contributed by atoms with Gasteiger partial charge in [-0.2, -0.15) is 0 Å². The van der Waals surface area contributed by atoms with Crippen molar-refractivity contribution in [1.29, 1.82) is 0 Å². The molecule has 1 N–H and O–H groups in total. The van der Waals surface area contributed by atoms with Crippen LogP contribution < -0.4 is 0 Å². The Morgan fingerprint density at radius 1 is 1.07 bits per heavy atom. The molecule has 0 unspecified atom stereocenters. The van der Waals surface area contributed by atoms with Crippen molar-refractivity contribution in [3.63, 3.8) is 0 Å². The summed E-state index contributed by atoms with van der Waals surface area (Å²) in [5, 5.41) is 8.29. The fourth-order valence-electron chi connectivity index (χ4n) is 1.04. The summed E-state index contributed by atoms with van der Waals surface area (Å²) in [6.45, 7) is 0. The lowest BCUT2D eigenvalue weighted by atomic mass is 10.1. The van der Waals surface area contributed by atoms with Gasteiger partial charge in [-0.3, -0.25) is 0 Å². The van der Waals surface area contributed by atoms with Crippen molar-refractivity contribution in [1.82, 2.24) is 0 Å². The van der Waals surface area contributed by atoms with Crippen LogP contribution in [-0.4, -0.2) is 11.1 Å². The van der Waals surface area contributed by atoms with Gasteiger partial charge in [0.25, 0.3) is 0 Å². The topological polar surface area (TPSA) is 37.3 Å². The van der Waals surface area contributed by atoms with Gasteiger partial charge in [0.1, 0.15) is 0 Å². The summed E-state index contributed by atoms with van der Waals surface area (Å²) in [6.07, 6.45) is 18.2. The van der Waals surface area contributed by atoms with Gasteiger partial charge in [0.2, 0.25) is 0 Å². The van der Waals surface area contributed by atoms with Gasteiger partial charge in [-0.25, -0.2) is 4.79 Å². The Bertz CT molecular complexity index is 318. The van der Waals surface area contributed by atoms with E-state index in [1.165, 1.54) is 6.08 Å². The minimum Gasteiger partial charge on any atom is -0.478 e. The van der Waals surface area contributed by atoms with E-state index in [0.29, 0.717) is 5.92 Å². The quantitative estimate of drug-likeness (QED) is 0.543. The summed E-state index contributed by atoms with van der Waals surface area (Å²) in [5.41, 5.74) is 0. The first-order chi connectivity index (χ1) is 6.79. The van der Waals surface area contributed by atoms with Crippen LogP contribution in [0.15, 0.2) is 60.8 Å². The van der Waals surface area contributed by atoms with E-state index in [0.717, 1.165) is 6.08 Å². The molecule has 1 aliphatic rings. The fourth-order valence-corrected chi connectivity index (χ4v) is 1.04. The molecule has 2 heteroatoms. The van der Waals surface area contributed by atoms with Crippen molar-refractivity contribution in [2.24, 2.45) is 5.92 Å². The van der Waals surface area contributed by atoms with Crippen molar-refractivity contribution < 1.29 is 9.90 Å². The molecule has 72 valence electrons. The van der Waals surface area contributed by atoms with Crippen LogP contribution in [0.1, 0.15) is 0 Å². The summed E-state index contributed by atoms with van der Waals surface area (Å²) in [4.78, 5) is 10.1. The average Bonchev–Trinajstić information content (AvgIpc) is 2.63. The molecular formula is C12H12O2. The molecule has 0 heterocycles. The predicted molar refractivity (Wildman–Crippen MR) is 56.8 cm³/mol. The first kappa shape index (κ1) is 10.3. The zero-order chi connectivity index (χ0) is 10.2. The first-order valence-electron chi connectivity index (χ1n) is 4.38. The Balaban J connectivity index is 2.29. The van der Waals surface area contributed by atoms with Crippen LogP contribution in [0.4, 0.5) is 0 Å². The second-order valence-corrected chi connectivity index (χ2v) is 2.81. The van der Waals surface area contributed by atoms with Gasteiger partial charge < -0.3 is 5.11 Å². The molecule has 0 bridgehead atoms. The summed E-state index contributed by atoms with van der Waals surface area (Å²) < 4.78 is 0. The lowest BCUT2D eigenvalue weighted by Crippen LogP contribution is -1.84. The van der Waals surface area contributed by atoms with Gasteiger partial charge >= 0.3 is 5.97 Å². The van der Waals surface area contributed by atoms with Gasteiger partial charge in [-0.05, 0) is 0 Å². The smallest absolute Gasteiger partial charge is 0.328 e. The maximum Gasteiger partial charge on any atom is 0.328 e. The van der Waals surface area contributed by atoms with E-state index in [2.05, 4.69) is 12.2 Å². The van der Waals surface area contributed by atoms with Gasteiger partial charge in [0.05, 0.1) is 0 Å². The molecular weight excluding hydrogens is 176 g/mol. The number of aliphatic carboxylic acids is 1. The van der Waals surface area contributed by atoms with Crippen molar-refractivity contribution in [3.8, 4) is 0 Å².